The summed E-state index contributed by atoms with van der Waals surface area (Å²) < 4.78 is 40.3. The summed E-state index contributed by atoms with van der Waals surface area (Å²) in [4.78, 5) is 12.3. The fourth-order valence-electron chi connectivity index (χ4n) is 2.29. The number of hydrogen-bond acceptors (Lipinski definition) is 3. The van der Waals surface area contributed by atoms with E-state index < -0.39 is 21.7 Å². The van der Waals surface area contributed by atoms with Gasteiger partial charge in [-0.2, -0.15) is 0 Å². The summed E-state index contributed by atoms with van der Waals surface area (Å²) in [6.45, 7) is 0. The third-order valence-electron chi connectivity index (χ3n) is 3.61. The molecule has 0 aromatic heterocycles. The summed E-state index contributed by atoms with van der Waals surface area (Å²) in [5.74, 6) is -0.896. The lowest BCUT2D eigenvalue weighted by Gasteiger charge is -2.09. The van der Waals surface area contributed by atoms with Gasteiger partial charge in [-0.1, -0.05) is 17.7 Å². The molecule has 138 valence electrons. The fourth-order valence-corrected chi connectivity index (χ4v) is 3.47. The van der Waals surface area contributed by atoms with Gasteiger partial charge in [-0.15, -0.1) is 0 Å². The van der Waals surface area contributed by atoms with Gasteiger partial charge < -0.3 is 5.32 Å². The summed E-state index contributed by atoms with van der Waals surface area (Å²) in [7, 11) is -3.77. The molecule has 1 amide bonds. The lowest BCUT2D eigenvalue weighted by Crippen LogP contribution is -2.14. The van der Waals surface area contributed by atoms with Crippen LogP contribution < -0.4 is 10.0 Å². The molecule has 3 aromatic carbocycles. The number of halogens is 2. The highest BCUT2D eigenvalue weighted by Crippen LogP contribution is 2.19. The molecule has 0 fully saturated rings. The van der Waals surface area contributed by atoms with Gasteiger partial charge in [-0.05, 0) is 66.7 Å². The normalized spacial score (nSPS) is 11.0. The van der Waals surface area contributed by atoms with Crippen LogP contribution in [-0.4, -0.2) is 14.3 Å². The fraction of sp³-hybridized carbons (Fsp3) is 0. The maximum absolute atomic E-state index is 13.2. The van der Waals surface area contributed by atoms with Gasteiger partial charge in [0.15, 0.2) is 0 Å². The molecular formula is C19H14ClFN2O3S. The lowest BCUT2D eigenvalue weighted by atomic mass is 10.2. The van der Waals surface area contributed by atoms with Crippen LogP contribution in [0.1, 0.15) is 10.4 Å². The SMILES string of the molecule is O=C(Nc1cccc(F)c1)c1ccc(NS(=O)(=O)c2ccc(Cl)cc2)cc1. The minimum Gasteiger partial charge on any atom is -0.322 e. The smallest absolute Gasteiger partial charge is 0.261 e. The third kappa shape index (κ3) is 4.84. The summed E-state index contributed by atoms with van der Waals surface area (Å²) in [5, 5.41) is 3.00. The molecule has 5 nitrogen and oxygen atoms in total. The van der Waals surface area contributed by atoms with Gasteiger partial charge in [0.1, 0.15) is 5.82 Å². The second kappa shape index (κ2) is 7.77. The standard InChI is InChI=1S/C19H14ClFN2O3S/c20-14-6-10-18(11-7-14)27(25,26)23-16-8-4-13(5-9-16)19(24)22-17-3-1-2-15(21)12-17/h1-12,23H,(H,22,24). The topological polar surface area (TPSA) is 75.3 Å². The first-order valence-corrected chi connectivity index (χ1v) is 9.65. The van der Waals surface area contributed by atoms with E-state index in [0.717, 1.165) is 0 Å². The minimum atomic E-state index is -3.77. The predicted molar refractivity (Wildman–Crippen MR) is 103 cm³/mol. The molecule has 8 heteroatoms. The van der Waals surface area contributed by atoms with E-state index in [4.69, 9.17) is 11.6 Å². The highest BCUT2D eigenvalue weighted by atomic mass is 35.5. The molecule has 3 aromatic rings. The van der Waals surface area contributed by atoms with Crippen LogP contribution in [0.5, 0.6) is 0 Å². The van der Waals surface area contributed by atoms with Gasteiger partial charge in [-0.3, -0.25) is 9.52 Å². The Balaban J connectivity index is 1.71. The average molecular weight is 405 g/mol. The zero-order valence-corrected chi connectivity index (χ0v) is 15.4. The molecule has 0 unspecified atom stereocenters. The first-order valence-electron chi connectivity index (χ1n) is 7.79. The van der Waals surface area contributed by atoms with Crippen LogP contribution >= 0.6 is 11.6 Å². The van der Waals surface area contributed by atoms with Crippen molar-refractivity contribution in [2.75, 3.05) is 10.0 Å². The van der Waals surface area contributed by atoms with Crippen molar-refractivity contribution in [1.82, 2.24) is 0 Å². The second-order valence-corrected chi connectivity index (χ2v) is 7.72. The van der Waals surface area contributed by atoms with Crippen LogP contribution in [-0.2, 0) is 10.0 Å². The maximum Gasteiger partial charge on any atom is 0.261 e. The van der Waals surface area contributed by atoms with Gasteiger partial charge >= 0.3 is 0 Å². The Morgan fingerprint density at radius 1 is 0.889 bits per heavy atom. The predicted octanol–water partition coefficient (Wildman–Crippen LogP) is 4.53. The number of rotatable bonds is 5. The average Bonchev–Trinajstić information content (AvgIpc) is 2.62. The first kappa shape index (κ1) is 18.9. The molecule has 2 N–H and O–H groups in total. The molecule has 0 heterocycles. The van der Waals surface area contributed by atoms with Crippen molar-refractivity contribution < 1.29 is 17.6 Å². The highest BCUT2D eigenvalue weighted by molar-refractivity contribution is 7.92. The van der Waals surface area contributed by atoms with Crippen molar-refractivity contribution in [1.29, 1.82) is 0 Å². The van der Waals surface area contributed by atoms with Gasteiger partial charge in [-0.25, -0.2) is 12.8 Å². The van der Waals surface area contributed by atoms with Crippen molar-refractivity contribution >= 4 is 38.9 Å². The molecule has 0 atom stereocenters. The number of hydrogen-bond donors (Lipinski definition) is 2. The lowest BCUT2D eigenvalue weighted by molar-refractivity contribution is 0.102. The van der Waals surface area contributed by atoms with Gasteiger partial charge in [0.2, 0.25) is 0 Å². The van der Waals surface area contributed by atoms with Crippen LogP contribution in [0.2, 0.25) is 5.02 Å². The molecule has 0 saturated heterocycles. The molecule has 3 rings (SSSR count). The Hall–Kier alpha value is -2.90. The third-order valence-corrected chi connectivity index (χ3v) is 5.25. The van der Waals surface area contributed by atoms with Gasteiger partial charge in [0, 0.05) is 22.0 Å². The molecule has 0 bridgehead atoms. The Kier molecular flexibility index (Phi) is 5.43. The van der Waals surface area contributed by atoms with Crippen molar-refractivity contribution in [2.45, 2.75) is 4.90 Å². The Bertz CT molecular complexity index is 1070. The van der Waals surface area contributed by atoms with Crippen LogP contribution in [0.3, 0.4) is 0 Å². The van der Waals surface area contributed by atoms with E-state index in [-0.39, 0.29) is 4.90 Å². The molecule has 0 spiro atoms. The van der Waals surface area contributed by atoms with Crippen molar-refractivity contribution in [3.05, 3.63) is 89.2 Å². The summed E-state index contributed by atoms with van der Waals surface area (Å²) in [5.41, 5.74) is 0.925. The second-order valence-electron chi connectivity index (χ2n) is 5.60. The quantitative estimate of drug-likeness (QED) is 0.655. The molecular weight excluding hydrogens is 391 g/mol. The molecule has 0 aliphatic heterocycles. The highest BCUT2D eigenvalue weighted by Gasteiger charge is 2.14. The largest absolute Gasteiger partial charge is 0.322 e. The van der Waals surface area contributed by atoms with E-state index >= 15 is 0 Å². The zero-order valence-electron chi connectivity index (χ0n) is 13.8. The van der Waals surface area contributed by atoms with Gasteiger partial charge in [0.25, 0.3) is 15.9 Å². The molecule has 0 radical (unpaired) electrons. The first-order chi connectivity index (χ1) is 12.8. The van der Waals surface area contributed by atoms with E-state index in [1.807, 2.05) is 0 Å². The van der Waals surface area contributed by atoms with Crippen molar-refractivity contribution in [2.24, 2.45) is 0 Å². The van der Waals surface area contributed by atoms with Crippen molar-refractivity contribution in [3.63, 3.8) is 0 Å². The monoisotopic (exact) mass is 404 g/mol. The van der Waals surface area contributed by atoms with Crippen LogP contribution in [0.15, 0.2) is 77.7 Å². The minimum absolute atomic E-state index is 0.0693. The van der Waals surface area contributed by atoms with Crippen LogP contribution in [0.4, 0.5) is 15.8 Å². The molecule has 0 aliphatic rings. The number of carbonyl (C=O) groups excluding carboxylic acids is 1. The Morgan fingerprint density at radius 2 is 1.56 bits per heavy atom. The summed E-state index contributed by atoms with van der Waals surface area (Å²) in [6, 6.07) is 17.1. The Labute approximate surface area is 160 Å². The Morgan fingerprint density at radius 3 is 2.19 bits per heavy atom. The van der Waals surface area contributed by atoms with Crippen molar-refractivity contribution in [3.8, 4) is 0 Å². The number of amides is 1. The van der Waals surface area contributed by atoms with E-state index in [0.29, 0.717) is 22.0 Å². The number of nitrogens with one attached hydrogen (secondary N) is 2. The van der Waals surface area contributed by atoms with E-state index in [2.05, 4.69) is 10.0 Å². The van der Waals surface area contributed by atoms with Crippen LogP contribution in [0, 0.1) is 5.82 Å². The van der Waals surface area contributed by atoms with E-state index in [1.54, 1.807) is 6.07 Å². The number of sulfonamides is 1. The molecule has 27 heavy (non-hydrogen) atoms. The van der Waals surface area contributed by atoms with Gasteiger partial charge in [0.05, 0.1) is 4.90 Å². The summed E-state index contributed by atoms with van der Waals surface area (Å²) in [6.07, 6.45) is 0. The van der Waals surface area contributed by atoms with Crippen LogP contribution in [0.25, 0.3) is 0 Å². The maximum atomic E-state index is 13.2. The zero-order chi connectivity index (χ0) is 19.4. The molecule has 0 saturated carbocycles. The number of carbonyl (C=O) groups is 1. The number of benzene rings is 3. The molecule has 0 aliphatic carbocycles. The number of anilines is 2. The summed E-state index contributed by atoms with van der Waals surface area (Å²) >= 11 is 5.76. The van der Waals surface area contributed by atoms with E-state index in [1.165, 1.54) is 66.7 Å². The van der Waals surface area contributed by atoms with E-state index in [9.17, 15) is 17.6 Å².